The van der Waals surface area contributed by atoms with Crippen LogP contribution in [0, 0.1) is 6.92 Å². The molecule has 0 spiro atoms. The van der Waals surface area contributed by atoms with Gasteiger partial charge in [-0.2, -0.15) is 10.2 Å². The van der Waals surface area contributed by atoms with Gasteiger partial charge in [-0.25, -0.2) is 9.50 Å². The Morgan fingerprint density at radius 3 is 2.76 bits per heavy atom. The summed E-state index contributed by atoms with van der Waals surface area (Å²) in [5, 5.41) is 12.2. The average Bonchev–Trinajstić information content (AvgIpc) is 3.37. The molecule has 1 fully saturated rings. The van der Waals surface area contributed by atoms with E-state index < -0.39 is 0 Å². The summed E-state index contributed by atoms with van der Waals surface area (Å²) in [6, 6.07) is 8.01. The highest BCUT2D eigenvalue weighted by molar-refractivity contribution is 5.78. The van der Waals surface area contributed by atoms with Gasteiger partial charge in [0.2, 0.25) is 5.91 Å². The lowest BCUT2D eigenvalue weighted by Crippen LogP contribution is -2.34. The van der Waals surface area contributed by atoms with Gasteiger partial charge in [-0.3, -0.25) is 4.79 Å². The lowest BCUT2D eigenvalue weighted by Gasteiger charge is -2.22. The Kier molecular flexibility index (Phi) is 7.10. The number of carbonyl (C=O) groups is 1. The van der Waals surface area contributed by atoms with Crippen LogP contribution in [0.15, 0.2) is 36.8 Å². The van der Waals surface area contributed by atoms with Crippen molar-refractivity contribution in [2.75, 3.05) is 31.6 Å². The van der Waals surface area contributed by atoms with Gasteiger partial charge >= 0.3 is 0 Å². The molecule has 29 heavy (non-hydrogen) atoms. The second-order valence-electron chi connectivity index (χ2n) is 7.25. The van der Waals surface area contributed by atoms with Crippen molar-refractivity contribution >= 4 is 17.4 Å². The van der Waals surface area contributed by atoms with E-state index in [0.29, 0.717) is 6.42 Å². The first-order chi connectivity index (χ1) is 14.1. The molecule has 4 rings (SSSR count). The van der Waals surface area contributed by atoms with Gasteiger partial charge < -0.3 is 9.80 Å². The molecule has 1 amide bonds. The zero-order valence-electron chi connectivity index (χ0n) is 17.5. The maximum absolute atomic E-state index is 11.4. The molecular formula is C21H29N7O. The summed E-state index contributed by atoms with van der Waals surface area (Å²) in [4.78, 5) is 19.6. The van der Waals surface area contributed by atoms with Crippen LogP contribution in [0.25, 0.3) is 5.65 Å². The first-order valence-electron chi connectivity index (χ1n) is 10.1. The molecule has 0 saturated carbocycles. The van der Waals surface area contributed by atoms with Gasteiger partial charge in [0.25, 0.3) is 0 Å². The van der Waals surface area contributed by atoms with E-state index in [1.807, 2.05) is 52.7 Å². The molecule has 0 N–H and O–H groups in total. The van der Waals surface area contributed by atoms with Crippen LogP contribution in [0.4, 0.5) is 5.82 Å². The quantitative estimate of drug-likeness (QED) is 0.638. The largest absolute Gasteiger partial charge is 0.356 e. The second kappa shape index (κ2) is 9.95. The summed E-state index contributed by atoms with van der Waals surface area (Å²) in [6.07, 6.45) is 7.42. The Morgan fingerprint density at radius 1 is 1.21 bits per heavy atom. The highest BCUT2D eigenvalue weighted by Gasteiger charge is 2.19. The molecule has 1 aliphatic rings. The van der Waals surface area contributed by atoms with E-state index in [9.17, 15) is 4.79 Å². The zero-order chi connectivity index (χ0) is 20.6. The van der Waals surface area contributed by atoms with Crippen molar-refractivity contribution in [3.63, 3.8) is 0 Å². The molecule has 8 nitrogen and oxygen atoms in total. The van der Waals surface area contributed by atoms with Crippen LogP contribution in [0.5, 0.6) is 0 Å². The zero-order valence-corrected chi connectivity index (χ0v) is 17.5. The van der Waals surface area contributed by atoms with Gasteiger partial charge in [0.05, 0.1) is 5.69 Å². The number of nitrogens with zero attached hydrogens (tertiary/aromatic N) is 7. The fraction of sp³-hybridized carbons (Fsp3) is 0.476. The Balaban J connectivity index is 0.000000176. The Hall–Kier alpha value is -3.03. The van der Waals surface area contributed by atoms with E-state index in [0.717, 1.165) is 56.1 Å². The van der Waals surface area contributed by atoms with Crippen molar-refractivity contribution in [1.29, 1.82) is 0 Å². The Labute approximate surface area is 171 Å². The minimum Gasteiger partial charge on any atom is -0.356 e. The van der Waals surface area contributed by atoms with Crippen LogP contribution in [-0.2, 0) is 11.2 Å². The smallest absolute Gasteiger partial charge is 0.222 e. The molecule has 0 aromatic carbocycles. The number of aryl methyl sites for hydroxylation is 2. The number of likely N-dealkylation sites (tertiary alicyclic amines) is 1. The van der Waals surface area contributed by atoms with E-state index in [4.69, 9.17) is 0 Å². The molecule has 3 aromatic heterocycles. The Morgan fingerprint density at radius 2 is 2.07 bits per heavy atom. The summed E-state index contributed by atoms with van der Waals surface area (Å²) in [5.41, 5.74) is 3.17. The summed E-state index contributed by atoms with van der Waals surface area (Å²) in [7, 11) is 1.97. The molecule has 0 aliphatic carbocycles. The number of rotatable bonds is 6. The van der Waals surface area contributed by atoms with Crippen LogP contribution in [0.1, 0.15) is 37.4 Å². The maximum atomic E-state index is 11.4. The highest BCUT2D eigenvalue weighted by atomic mass is 16.2. The van der Waals surface area contributed by atoms with Gasteiger partial charge in [-0.1, -0.05) is 19.4 Å². The fourth-order valence-corrected chi connectivity index (χ4v) is 3.29. The van der Waals surface area contributed by atoms with Crippen molar-refractivity contribution < 1.29 is 4.79 Å². The van der Waals surface area contributed by atoms with E-state index in [2.05, 4.69) is 33.3 Å². The highest BCUT2D eigenvalue weighted by Crippen LogP contribution is 2.11. The standard InChI is InChI=1S/C12H18N4O.C9H11N3/c1-10-5-6-11(14-13-10)15(2)8-9-16-7-3-4-12(16)17;1-2-4-8-5-3-6-12-9(8)10-7-11-12/h5-6H,3-4,7-9H2,1-2H3;3,5-7H,2,4H2,1H3. The number of pyridine rings is 1. The monoisotopic (exact) mass is 395 g/mol. The first kappa shape index (κ1) is 20.7. The molecule has 154 valence electrons. The third-order valence-electron chi connectivity index (χ3n) is 4.96. The molecule has 4 heterocycles. The van der Waals surface area contributed by atoms with Crippen LogP contribution in [0.3, 0.4) is 0 Å². The number of hydrogen-bond donors (Lipinski definition) is 0. The van der Waals surface area contributed by atoms with Crippen LogP contribution < -0.4 is 4.90 Å². The summed E-state index contributed by atoms with van der Waals surface area (Å²) in [6.45, 7) is 6.54. The molecule has 0 bridgehead atoms. The first-order valence-corrected chi connectivity index (χ1v) is 10.1. The molecular weight excluding hydrogens is 366 g/mol. The topological polar surface area (TPSA) is 79.5 Å². The summed E-state index contributed by atoms with van der Waals surface area (Å²) < 4.78 is 1.81. The van der Waals surface area contributed by atoms with Crippen molar-refractivity contribution in [2.24, 2.45) is 0 Å². The van der Waals surface area contributed by atoms with Gasteiger partial charge in [0.1, 0.15) is 6.33 Å². The SMILES string of the molecule is CCCc1cccn2ncnc12.Cc1ccc(N(C)CCN2CCCC2=O)nn1. The third kappa shape index (κ3) is 5.49. The average molecular weight is 396 g/mol. The van der Waals surface area contributed by atoms with Crippen molar-refractivity contribution in [3.8, 4) is 0 Å². The number of hydrogen-bond acceptors (Lipinski definition) is 6. The van der Waals surface area contributed by atoms with Crippen LogP contribution in [-0.4, -0.2) is 62.3 Å². The lowest BCUT2D eigenvalue weighted by atomic mass is 10.2. The van der Waals surface area contributed by atoms with Crippen molar-refractivity contribution in [2.45, 2.75) is 39.5 Å². The van der Waals surface area contributed by atoms with Crippen LogP contribution in [0.2, 0.25) is 0 Å². The summed E-state index contributed by atoms with van der Waals surface area (Å²) >= 11 is 0. The number of carbonyl (C=O) groups excluding carboxylic acids is 1. The lowest BCUT2D eigenvalue weighted by molar-refractivity contribution is -0.127. The third-order valence-corrected chi connectivity index (χ3v) is 4.96. The maximum Gasteiger partial charge on any atom is 0.222 e. The van der Waals surface area contributed by atoms with Gasteiger partial charge in [0.15, 0.2) is 11.5 Å². The van der Waals surface area contributed by atoms with Crippen molar-refractivity contribution in [1.82, 2.24) is 29.7 Å². The Bertz CT molecular complexity index is 922. The predicted octanol–water partition coefficient (Wildman–Crippen LogP) is 2.53. The minimum atomic E-state index is 0.272. The van der Waals surface area contributed by atoms with Gasteiger partial charge in [-0.05, 0) is 43.5 Å². The molecule has 0 radical (unpaired) electrons. The normalized spacial score (nSPS) is 13.5. The number of likely N-dealkylation sites (N-methyl/N-ethyl adjacent to an activating group) is 1. The van der Waals surface area contributed by atoms with E-state index in [-0.39, 0.29) is 5.91 Å². The summed E-state index contributed by atoms with van der Waals surface area (Å²) in [5.74, 6) is 1.12. The number of amides is 1. The minimum absolute atomic E-state index is 0.272. The molecule has 3 aromatic rings. The van der Waals surface area contributed by atoms with E-state index in [1.165, 1.54) is 5.56 Å². The number of aromatic nitrogens is 5. The van der Waals surface area contributed by atoms with Gasteiger partial charge in [0, 0.05) is 39.3 Å². The molecule has 8 heteroatoms. The van der Waals surface area contributed by atoms with Crippen molar-refractivity contribution in [3.05, 3.63) is 48.0 Å². The molecule has 0 unspecified atom stereocenters. The van der Waals surface area contributed by atoms with Crippen LogP contribution >= 0.6 is 0 Å². The molecule has 1 saturated heterocycles. The molecule has 0 atom stereocenters. The fourth-order valence-electron chi connectivity index (χ4n) is 3.29. The second-order valence-corrected chi connectivity index (χ2v) is 7.25. The molecule has 1 aliphatic heterocycles. The van der Waals surface area contributed by atoms with E-state index in [1.54, 1.807) is 6.33 Å². The predicted molar refractivity (Wildman–Crippen MR) is 113 cm³/mol. The number of anilines is 1. The van der Waals surface area contributed by atoms with Gasteiger partial charge in [-0.15, -0.1) is 5.10 Å². The number of fused-ring (bicyclic) bond motifs is 1. The van der Waals surface area contributed by atoms with E-state index >= 15 is 0 Å².